The van der Waals surface area contributed by atoms with Crippen molar-refractivity contribution < 1.29 is 0 Å². The Hall–Kier alpha value is -1.05. The monoisotopic (exact) mass is 191 g/mol. The largest absolute Gasteiger partial charge is 0.329 e. The second-order valence-electron chi connectivity index (χ2n) is 5.57. The highest BCUT2D eigenvalue weighted by atomic mass is 16.1. The molecule has 1 heterocycles. The lowest BCUT2D eigenvalue weighted by Crippen LogP contribution is -2.18. The lowest BCUT2D eigenvalue weighted by Gasteiger charge is -2.22. The van der Waals surface area contributed by atoms with Gasteiger partial charge in [-0.1, -0.05) is 27.7 Å². The van der Waals surface area contributed by atoms with Crippen LogP contribution in [0.15, 0.2) is 17.1 Å². The molecule has 0 aliphatic heterocycles. The highest BCUT2D eigenvalue weighted by Gasteiger charge is 2.41. The molecule has 14 heavy (non-hydrogen) atoms. The quantitative estimate of drug-likeness (QED) is 0.670. The number of nitrogens with one attached hydrogen (secondary N) is 1. The van der Waals surface area contributed by atoms with Crippen LogP contribution in [-0.2, 0) is 10.8 Å². The van der Waals surface area contributed by atoms with Crippen molar-refractivity contribution in [1.29, 1.82) is 0 Å². The highest BCUT2D eigenvalue weighted by molar-refractivity contribution is 5.42. The van der Waals surface area contributed by atoms with Crippen LogP contribution in [0.1, 0.15) is 45.2 Å². The maximum Gasteiger partial charge on any atom is 0.248 e. The third-order valence-corrected chi connectivity index (χ3v) is 3.27. The second kappa shape index (κ2) is 2.50. The van der Waals surface area contributed by atoms with Crippen LogP contribution in [0.3, 0.4) is 0 Å². The zero-order valence-corrected chi connectivity index (χ0v) is 9.27. The molecule has 1 N–H and O–H groups in total. The van der Waals surface area contributed by atoms with Gasteiger partial charge in [-0.15, -0.1) is 0 Å². The number of hydrogen-bond acceptors (Lipinski definition) is 1. The van der Waals surface area contributed by atoms with Crippen molar-refractivity contribution in [2.75, 3.05) is 0 Å². The summed E-state index contributed by atoms with van der Waals surface area (Å²) in [5.41, 5.74) is 2.83. The molecule has 1 aromatic rings. The predicted octanol–water partition coefficient (Wildman–Crippen LogP) is 2.33. The van der Waals surface area contributed by atoms with E-state index in [9.17, 15) is 4.79 Å². The molecule has 76 valence electrons. The molecule has 0 bridgehead atoms. The molecule has 2 rings (SSSR count). The summed E-state index contributed by atoms with van der Waals surface area (Å²) in [6.07, 6.45) is 2.99. The first-order valence-electron chi connectivity index (χ1n) is 5.07. The van der Waals surface area contributed by atoms with Gasteiger partial charge in [0.15, 0.2) is 0 Å². The number of H-pyrrole nitrogens is 1. The lowest BCUT2D eigenvalue weighted by atomic mass is 9.82. The molecule has 0 radical (unpaired) electrons. The number of aromatic nitrogens is 1. The fourth-order valence-electron chi connectivity index (χ4n) is 2.89. The third-order valence-electron chi connectivity index (χ3n) is 3.27. The Bertz CT molecular complexity index is 426. The minimum Gasteiger partial charge on any atom is -0.329 e. The average molecular weight is 191 g/mol. The number of hydrogen-bond donors (Lipinski definition) is 1. The first-order chi connectivity index (χ1) is 6.33. The zero-order chi connectivity index (χ0) is 10.6. The Balaban J connectivity index is 2.72. The van der Waals surface area contributed by atoms with Gasteiger partial charge in [-0.25, -0.2) is 0 Å². The molecule has 0 unspecified atom stereocenters. The minimum absolute atomic E-state index is 0.00882. The summed E-state index contributed by atoms with van der Waals surface area (Å²) in [4.78, 5) is 14.0. The smallest absolute Gasteiger partial charge is 0.248 e. The van der Waals surface area contributed by atoms with E-state index >= 15 is 0 Å². The summed E-state index contributed by atoms with van der Waals surface area (Å²) >= 11 is 0. The molecule has 2 heteroatoms. The molecular formula is C12H17NO. The van der Waals surface area contributed by atoms with E-state index in [4.69, 9.17) is 0 Å². The maximum absolute atomic E-state index is 11.3. The van der Waals surface area contributed by atoms with Crippen molar-refractivity contribution in [1.82, 2.24) is 4.98 Å². The number of pyridine rings is 1. The molecule has 0 fully saturated rings. The van der Waals surface area contributed by atoms with Crippen LogP contribution in [-0.4, -0.2) is 4.98 Å². The molecule has 1 aliphatic rings. The molecular weight excluding hydrogens is 174 g/mol. The normalized spacial score (nSPS) is 22.0. The Morgan fingerprint density at radius 2 is 1.71 bits per heavy atom. The van der Waals surface area contributed by atoms with Gasteiger partial charge in [0.05, 0.1) is 0 Å². The third kappa shape index (κ3) is 1.21. The number of aromatic amines is 1. The van der Waals surface area contributed by atoms with E-state index in [1.54, 1.807) is 6.07 Å². The van der Waals surface area contributed by atoms with E-state index < -0.39 is 0 Å². The van der Waals surface area contributed by atoms with E-state index in [1.807, 2.05) is 6.20 Å². The van der Waals surface area contributed by atoms with Gasteiger partial charge in [0.2, 0.25) is 5.56 Å². The summed E-state index contributed by atoms with van der Waals surface area (Å²) in [7, 11) is 0. The summed E-state index contributed by atoms with van der Waals surface area (Å²) in [6.45, 7) is 8.89. The molecule has 0 spiro atoms. The zero-order valence-electron chi connectivity index (χ0n) is 9.27. The van der Waals surface area contributed by atoms with Gasteiger partial charge in [-0.3, -0.25) is 4.79 Å². The molecule has 0 saturated heterocycles. The van der Waals surface area contributed by atoms with Crippen molar-refractivity contribution in [2.24, 2.45) is 0 Å². The van der Waals surface area contributed by atoms with Crippen LogP contribution in [0, 0.1) is 0 Å². The van der Waals surface area contributed by atoms with Gasteiger partial charge >= 0.3 is 0 Å². The van der Waals surface area contributed by atoms with Crippen molar-refractivity contribution in [3.8, 4) is 0 Å². The molecule has 0 atom stereocenters. The van der Waals surface area contributed by atoms with Crippen molar-refractivity contribution >= 4 is 0 Å². The molecule has 1 aliphatic carbocycles. The Morgan fingerprint density at radius 3 is 2.36 bits per heavy atom. The van der Waals surface area contributed by atoms with Gasteiger partial charge < -0.3 is 4.98 Å². The van der Waals surface area contributed by atoms with Crippen LogP contribution < -0.4 is 5.56 Å². The number of rotatable bonds is 0. The van der Waals surface area contributed by atoms with Gasteiger partial charge in [0, 0.05) is 12.3 Å². The van der Waals surface area contributed by atoms with Crippen molar-refractivity contribution in [2.45, 2.75) is 44.9 Å². The SMILES string of the molecule is CC1(C)CC(C)(C)c2cc(=O)[nH]cc21. The summed E-state index contributed by atoms with van der Waals surface area (Å²) in [5, 5.41) is 0. The van der Waals surface area contributed by atoms with Gasteiger partial charge in [0.25, 0.3) is 0 Å². The molecule has 0 amide bonds. The lowest BCUT2D eigenvalue weighted by molar-refractivity contribution is 0.403. The average Bonchev–Trinajstić information content (AvgIpc) is 2.17. The topological polar surface area (TPSA) is 32.9 Å². The summed E-state index contributed by atoms with van der Waals surface area (Å²) < 4.78 is 0. The van der Waals surface area contributed by atoms with Crippen LogP contribution in [0.5, 0.6) is 0 Å². The fourth-order valence-corrected chi connectivity index (χ4v) is 2.89. The Morgan fingerprint density at radius 1 is 1.14 bits per heavy atom. The Labute approximate surface area is 84.4 Å². The van der Waals surface area contributed by atoms with E-state index in [0.29, 0.717) is 0 Å². The predicted molar refractivity (Wildman–Crippen MR) is 57.7 cm³/mol. The fraction of sp³-hybridized carbons (Fsp3) is 0.583. The molecule has 0 aromatic carbocycles. The molecule has 2 nitrogen and oxygen atoms in total. The summed E-state index contributed by atoms with van der Waals surface area (Å²) in [5.74, 6) is 0. The first kappa shape index (κ1) is 9.50. The van der Waals surface area contributed by atoms with E-state index in [2.05, 4.69) is 32.7 Å². The summed E-state index contributed by atoms with van der Waals surface area (Å²) in [6, 6.07) is 1.75. The van der Waals surface area contributed by atoms with E-state index in [-0.39, 0.29) is 16.4 Å². The standard InChI is InChI=1S/C12H17NO/c1-11(2)7-12(3,4)9-6-13-10(14)5-8(9)11/h5-6H,7H2,1-4H3,(H,13,14). The second-order valence-corrected chi connectivity index (χ2v) is 5.57. The van der Waals surface area contributed by atoms with Gasteiger partial charge in [0.1, 0.15) is 0 Å². The van der Waals surface area contributed by atoms with Gasteiger partial charge in [-0.05, 0) is 28.4 Å². The molecule has 0 saturated carbocycles. The Kier molecular flexibility index (Phi) is 1.70. The van der Waals surface area contributed by atoms with Crippen molar-refractivity contribution in [3.05, 3.63) is 33.7 Å². The van der Waals surface area contributed by atoms with E-state index in [1.165, 1.54) is 11.1 Å². The van der Waals surface area contributed by atoms with Crippen molar-refractivity contribution in [3.63, 3.8) is 0 Å². The van der Waals surface area contributed by atoms with Crippen LogP contribution >= 0.6 is 0 Å². The number of fused-ring (bicyclic) bond motifs is 1. The molecule has 1 aromatic heterocycles. The highest BCUT2D eigenvalue weighted by Crippen LogP contribution is 2.48. The van der Waals surface area contributed by atoms with Gasteiger partial charge in [-0.2, -0.15) is 0 Å². The maximum atomic E-state index is 11.3. The first-order valence-corrected chi connectivity index (χ1v) is 5.07. The van der Waals surface area contributed by atoms with Crippen LogP contribution in [0.2, 0.25) is 0 Å². The van der Waals surface area contributed by atoms with Crippen LogP contribution in [0.4, 0.5) is 0 Å². The minimum atomic E-state index is 0.00882. The van der Waals surface area contributed by atoms with E-state index in [0.717, 1.165) is 6.42 Å². The van der Waals surface area contributed by atoms with Crippen LogP contribution in [0.25, 0.3) is 0 Å².